The Bertz CT molecular complexity index is 369. The molecule has 0 aromatic heterocycles. The molecule has 108 valence electrons. The largest absolute Gasteiger partial charge is 0.481 e. The number of thioether (sulfide) groups is 1. The normalized spacial score (nSPS) is 34.5. The zero-order chi connectivity index (χ0) is 14.0. The maximum absolute atomic E-state index is 12.1. The van der Waals surface area contributed by atoms with Gasteiger partial charge in [-0.2, -0.15) is 11.8 Å². The van der Waals surface area contributed by atoms with Crippen LogP contribution >= 0.6 is 11.8 Å². The van der Waals surface area contributed by atoms with E-state index in [2.05, 4.69) is 12.2 Å². The van der Waals surface area contributed by atoms with E-state index >= 15 is 0 Å². The van der Waals surface area contributed by atoms with Crippen LogP contribution in [0.3, 0.4) is 0 Å². The van der Waals surface area contributed by atoms with Crippen LogP contribution in [0.5, 0.6) is 0 Å². The van der Waals surface area contributed by atoms with Gasteiger partial charge in [0.05, 0.1) is 5.92 Å². The molecule has 2 aliphatic rings. The minimum atomic E-state index is -0.805. The van der Waals surface area contributed by atoms with Crippen LogP contribution in [0.4, 0.5) is 4.79 Å². The molecular formula is C13H22N2O3S. The second kappa shape index (κ2) is 5.61. The molecule has 0 aromatic carbocycles. The highest BCUT2D eigenvalue weighted by Crippen LogP contribution is 2.37. The van der Waals surface area contributed by atoms with Crippen molar-refractivity contribution in [1.29, 1.82) is 0 Å². The summed E-state index contributed by atoms with van der Waals surface area (Å²) >= 11 is 1.91. The van der Waals surface area contributed by atoms with Crippen LogP contribution in [-0.2, 0) is 4.79 Å². The minimum Gasteiger partial charge on any atom is -0.481 e. The molecule has 2 heterocycles. The Morgan fingerprint density at radius 2 is 2.21 bits per heavy atom. The molecule has 1 unspecified atom stereocenters. The van der Waals surface area contributed by atoms with Gasteiger partial charge in [-0.25, -0.2) is 4.79 Å². The Morgan fingerprint density at radius 3 is 2.74 bits per heavy atom. The molecule has 0 aromatic rings. The maximum Gasteiger partial charge on any atom is 0.317 e. The van der Waals surface area contributed by atoms with Gasteiger partial charge in [0.25, 0.3) is 0 Å². The van der Waals surface area contributed by atoms with Crippen molar-refractivity contribution in [2.45, 2.75) is 31.4 Å². The van der Waals surface area contributed by atoms with Crippen molar-refractivity contribution in [1.82, 2.24) is 10.2 Å². The van der Waals surface area contributed by atoms with E-state index < -0.39 is 11.9 Å². The quantitative estimate of drug-likeness (QED) is 0.827. The number of aliphatic carboxylic acids is 1. The fraction of sp³-hybridized carbons (Fsp3) is 0.846. The highest BCUT2D eigenvalue weighted by molar-refractivity contribution is 8.00. The lowest BCUT2D eigenvalue weighted by Crippen LogP contribution is -2.44. The summed E-state index contributed by atoms with van der Waals surface area (Å²) < 4.78 is 0.146. The summed E-state index contributed by atoms with van der Waals surface area (Å²) in [5, 5.41) is 12.0. The number of carboxylic acid groups (broad SMARTS) is 1. The number of carbonyl (C=O) groups excluding carboxylic acids is 1. The van der Waals surface area contributed by atoms with Crippen molar-refractivity contribution in [2.75, 3.05) is 25.4 Å². The number of amides is 2. The minimum absolute atomic E-state index is 0.0275. The van der Waals surface area contributed by atoms with Crippen molar-refractivity contribution in [3.05, 3.63) is 0 Å². The number of nitrogens with one attached hydrogen (secondary N) is 1. The average molecular weight is 286 g/mol. The van der Waals surface area contributed by atoms with Crippen LogP contribution in [-0.4, -0.2) is 52.1 Å². The number of carbonyl (C=O) groups is 2. The summed E-state index contributed by atoms with van der Waals surface area (Å²) in [5.74, 6) is -0.0446. The fourth-order valence-corrected chi connectivity index (χ4v) is 4.05. The predicted octanol–water partition coefficient (Wildman–Crippen LogP) is 1.63. The third kappa shape index (κ3) is 3.35. The number of likely N-dealkylation sites (tertiary alicyclic amines) is 1. The van der Waals surface area contributed by atoms with Crippen molar-refractivity contribution >= 4 is 23.8 Å². The molecule has 19 heavy (non-hydrogen) atoms. The first-order valence-corrected chi connectivity index (χ1v) is 7.79. The van der Waals surface area contributed by atoms with Crippen molar-refractivity contribution in [3.63, 3.8) is 0 Å². The van der Waals surface area contributed by atoms with Crippen LogP contribution in [0.25, 0.3) is 0 Å². The second-order valence-electron chi connectivity index (χ2n) is 5.89. The summed E-state index contributed by atoms with van der Waals surface area (Å²) in [6.45, 7) is 5.59. The number of hydrogen-bond acceptors (Lipinski definition) is 3. The highest BCUT2D eigenvalue weighted by atomic mass is 32.2. The Morgan fingerprint density at radius 1 is 1.47 bits per heavy atom. The van der Waals surface area contributed by atoms with Crippen molar-refractivity contribution in [2.24, 2.45) is 11.8 Å². The molecule has 2 fully saturated rings. The van der Waals surface area contributed by atoms with Gasteiger partial charge >= 0.3 is 12.0 Å². The molecule has 3 atom stereocenters. The van der Waals surface area contributed by atoms with Gasteiger partial charge in [-0.3, -0.25) is 4.79 Å². The first kappa shape index (κ1) is 14.5. The standard InChI is InChI=1S/C13H22N2O3S/c1-9-6-15(7-10(9)11(16)17)12(18)14-8-13(2)4-3-5-19-13/h9-10H,3-8H2,1-2H3,(H,14,18)(H,16,17)/t9-,10-,13?/m1/s1. The summed E-state index contributed by atoms with van der Waals surface area (Å²) in [4.78, 5) is 24.7. The molecule has 2 amide bonds. The summed E-state index contributed by atoms with van der Waals surface area (Å²) in [6.07, 6.45) is 2.34. The van der Waals surface area contributed by atoms with Crippen LogP contribution in [0, 0.1) is 11.8 Å². The van der Waals surface area contributed by atoms with E-state index in [-0.39, 0.29) is 16.7 Å². The van der Waals surface area contributed by atoms with Gasteiger partial charge in [0.1, 0.15) is 0 Å². The molecular weight excluding hydrogens is 264 g/mol. The summed E-state index contributed by atoms with van der Waals surface area (Å²) in [6, 6.07) is -0.121. The van der Waals surface area contributed by atoms with Crippen LogP contribution in [0.1, 0.15) is 26.7 Å². The Labute approximate surface area is 118 Å². The molecule has 5 nitrogen and oxygen atoms in total. The Hall–Kier alpha value is -0.910. The van der Waals surface area contributed by atoms with E-state index in [9.17, 15) is 9.59 Å². The number of hydrogen-bond donors (Lipinski definition) is 2. The number of nitrogens with zero attached hydrogens (tertiary/aromatic N) is 1. The Kier molecular flexibility index (Phi) is 4.28. The van der Waals surface area contributed by atoms with Gasteiger partial charge in [0.15, 0.2) is 0 Å². The topological polar surface area (TPSA) is 69.6 Å². The van der Waals surface area contributed by atoms with Crippen LogP contribution in [0.15, 0.2) is 0 Å². The van der Waals surface area contributed by atoms with E-state index in [0.29, 0.717) is 19.6 Å². The molecule has 2 aliphatic heterocycles. The van der Waals surface area contributed by atoms with Gasteiger partial charge in [-0.1, -0.05) is 6.92 Å². The van der Waals surface area contributed by atoms with Crippen molar-refractivity contribution in [3.8, 4) is 0 Å². The zero-order valence-corrected chi connectivity index (χ0v) is 12.3. The van der Waals surface area contributed by atoms with E-state index in [4.69, 9.17) is 5.11 Å². The second-order valence-corrected chi connectivity index (χ2v) is 7.57. The molecule has 0 aliphatic carbocycles. The van der Waals surface area contributed by atoms with Crippen LogP contribution < -0.4 is 5.32 Å². The molecule has 0 radical (unpaired) electrons. The Balaban J connectivity index is 1.82. The lowest BCUT2D eigenvalue weighted by Gasteiger charge is -2.25. The first-order chi connectivity index (χ1) is 8.91. The molecule has 0 spiro atoms. The zero-order valence-electron chi connectivity index (χ0n) is 11.5. The molecule has 2 N–H and O–H groups in total. The maximum atomic E-state index is 12.1. The van der Waals surface area contributed by atoms with E-state index in [0.717, 1.165) is 12.2 Å². The molecule has 2 saturated heterocycles. The lowest BCUT2D eigenvalue weighted by atomic mass is 9.99. The number of urea groups is 1. The van der Waals surface area contributed by atoms with Gasteiger partial charge in [-0.05, 0) is 31.4 Å². The molecule has 0 bridgehead atoms. The summed E-state index contributed by atoms with van der Waals surface area (Å²) in [5.41, 5.74) is 0. The lowest BCUT2D eigenvalue weighted by molar-refractivity contribution is -0.142. The fourth-order valence-electron chi connectivity index (χ4n) is 2.80. The molecule has 2 rings (SSSR count). The smallest absolute Gasteiger partial charge is 0.317 e. The molecule has 0 saturated carbocycles. The van der Waals surface area contributed by atoms with Crippen molar-refractivity contribution < 1.29 is 14.7 Å². The van der Waals surface area contributed by atoms with Gasteiger partial charge in [0.2, 0.25) is 0 Å². The average Bonchev–Trinajstić information content (AvgIpc) is 2.93. The molecule has 6 heteroatoms. The third-order valence-electron chi connectivity index (χ3n) is 4.13. The van der Waals surface area contributed by atoms with E-state index in [1.54, 1.807) is 4.90 Å². The summed E-state index contributed by atoms with van der Waals surface area (Å²) in [7, 11) is 0. The first-order valence-electron chi connectivity index (χ1n) is 6.81. The SMILES string of the molecule is C[C@@H]1CN(C(=O)NCC2(C)CCCS2)C[C@H]1C(=O)O. The number of rotatable bonds is 3. The monoisotopic (exact) mass is 286 g/mol. The van der Waals surface area contributed by atoms with Gasteiger partial charge < -0.3 is 15.3 Å². The highest BCUT2D eigenvalue weighted by Gasteiger charge is 2.37. The van der Waals surface area contributed by atoms with Gasteiger partial charge in [0, 0.05) is 24.4 Å². The van der Waals surface area contributed by atoms with Crippen LogP contribution in [0.2, 0.25) is 0 Å². The number of carboxylic acids is 1. The van der Waals surface area contributed by atoms with Gasteiger partial charge in [-0.15, -0.1) is 0 Å². The third-order valence-corrected chi connectivity index (χ3v) is 5.67. The predicted molar refractivity (Wildman–Crippen MR) is 75.4 cm³/mol. The van der Waals surface area contributed by atoms with E-state index in [1.165, 1.54) is 6.42 Å². The van der Waals surface area contributed by atoms with E-state index in [1.807, 2.05) is 18.7 Å².